The van der Waals surface area contributed by atoms with Crippen molar-refractivity contribution < 1.29 is 19.1 Å². The van der Waals surface area contributed by atoms with Gasteiger partial charge in [-0.3, -0.25) is 9.59 Å². The molecule has 0 spiro atoms. The van der Waals surface area contributed by atoms with Gasteiger partial charge in [0.2, 0.25) is 6.23 Å². The zero-order valence-corrected chi connectivity index (χ0v) is 11.8. The van der Waals surface area contributed by atoms with Gasteiger partial charge >= 0.3 is 5.97 Å². The van der Waals surface area contributed by atoms with E-state index in [-0.39, 0.29) is 18.8 Å². The van der Waals surface area contributed by atoms with E-state index in [2.05, 4.69) is 0 Å². The highest BCUT2D eigenvalue weighted by molar-refractivity contribution is 5.82. The third kappa shape index (κ3) is 4.49. The largest absolute Gasteiger partial charge is 0.465 e. The summed E-state index contributed by atoms with van der Waals surface area (Å²) in [5, 5.41) is 0. The number of Topliss-reactive ketones (excluding diaryl/α,β-unsaturated/α-hetero) is 1. The average Bonchev–Trinajstić information content (AvgIpc) is 2.99. The molecular formula is C16H17NO4. The fraction of sp³-hybridized carbons (Fsp3) is 0.250. The number of para-hydroxylation sites is 1. The van der Waals surface area contributed by atoms with Gasteiger partial charge in [-0.2, -0.15) is 0 Å². The number of nitrogens with zero attached hydrogens (tertiary/aromatic N) is 1. The molecular weight excluding hydrogens is 270 g/mol. The third-order valence-electron chi connectivity index (χ3n) is 2.82. The molecule has 1 aromatic carbocycles. The molecule has 0 amide bonds. The van der Waals surface area contributed by atoms with Gasteiger partial charge in [0, 0.05) is 25.7 Å². The molecule has 5 heteroatoms. The Hall–Kier alpha value is -2.56. The topological polar surface area (TPSA) is 57.5 Å². The second-order valence-corrected chi connectivity index (χ2v) is 4.47. The fourth-order valence-corrected chi connectivity index (χ4v) is 1.84. The van der Waals surface area contributed by atoms with E-state index < -0.39 is 12.2 Å². The van der Waals surface area contributed by atoms with Crippen LogP contribution in [0.2, 0.25) is 0 Å². The second kappa shape index (κ2) is 7.28. The molecule has 2 aromatic rings. The molecule has 1 aromatic heterocycles. The van der Waals surface area contributed by atoms with Crippen molar-refractivity contribution >= 4 is 11.8 Å². The molecule has 1 unspecified atom stereocenters. The van der Waals surface area contributed by atoms with Gasteiger partial charge in [0.25, 0.3) is 0 Å². The predicted octanol–water partition coefficient (Wildman–Crippen LogP) is 2.59. The van der Waals surface area contributed by atoms with Crippen molar-refractivity contribution in [2.45, 2.75) is 19.6 Å². The lowest BCUT2D eigenvalue weighted by Gasteiger charge is -2.19. The lowest BCUT2D eigenvalue weighted by molar-refractivity contribution is -0.142. The first-order valence-electron chi connectivity index (χ1n) is 6.67. The number of hydrogen-bond donors (Lipinski definition) is 0. The van der Waals surface area contributed by atoms with Crippen LogP contribution in [0.25, 0.3) is 0 Å². The minimum atomic E-state index is -0.766. The van der Waals surface area contributed by atoms with Crippen molar-refractivity contribution in [3.05, 3.63) is 54.9 Å². The van der Waals surface area contributed by atoms with Crippen molar-refractivity contribution in [2.75, 3.05) is 6.61 Å². The molecule has 0 fully saturated rings. The van der Waals surface area contributed by atoms with Crippen LogP contribution in [-0.2, 0) is 14.3 Å². The first-order valence-corrected chi connectivity index (χ1v) is 6.67. The highest BCUT2D eigenvalue weighted by atomic mass is 16.5. The maximum absolute atomic E-state index is 12.3. The van der Waals surface area contributed by atoms with Crippen LogP contribution in [0.5, 0.6) is 5.75 Å². The molecule has 0 aliphatic carbocycles. The molecule has 0 aliphatic rings. The number of esters is 1. The van der Waals surface area contributed by atoms with Gasteiger partial charge in [0.05, 0.1) is 6.61 Å². The van der Waals surface area contributed by atoms with Crippen LogP contribution < -0.4 is 4.74 Å². The predicted molar refractivity (Wildman–Crippen MR) is 76.8 cm³/mol. The van der Waals surface area contributed by atoms with Crippen LogP contribution in [0.4, 0.5) is 0 Å². The molecule has 1 atom stereocenters. The zero-order valence-electron chi connectivity index (χ0n) is 11.8. The number of carbonyl (C=O) groups is 2. The summed E-state index contributed by atoms with van der Waals surface area (Å²) in [6, 6.07) is 12.8. The third-order valence-corrected chi connectivity index (χ3v) is 2.82. The van der Waals surface area contributed by atoms with E-state index in [9.17, 15) is 9.59 Å². The Balaban J connectivity index is 2.06. The van der Waals surface area contributed by atoms with E-state index in [0.29, 0.717) is 5.75 Å². The molecule has 1 heterocycles. The zero-order chi connectivity index (χ0) is 15.1. The smallest absolute Gasteiger partial charge is 0.302 e. The summed E-state index contributed by atoms with van der Waals surface area (Å²) in [7, 11) is 0. The lowest BCUT2D eigenvalue weighted by Crippen LogP contribution is -2.25. The Labute approximate surface area is 123 Å². The number of benzene rings is 1. The van der Waals surface area contributed by atoms with E-state index in [4.69, 9.17) is 9.47 Å². The number of hydrogen-bond acceptors (Lipinski definition) is 4. The van der Waals surface area contributed by atoms with E-state index in [1.807, 2.05) is 30.3 Å². The molecule has 0 aliphatic heterocycles. The first kappa shape index (κ1) is 14.8. The summed E-state index contributed by atoms with van der Waals surface area (Å²) in [5.41, 5.74) is 0. The molecule has 5 nitrogen and oxygen atoms in total. The van der Waals surface area contributed by atoms with Crippen LogP contribution >= 0.6 is 0 Å². The highest BCUT2D eigenvalue weighted by Gasteiger charge is 2.21. The second-order valence-electron chi connectivity index (χ2n) is 4.47. The standard InChI is InChI=1S/C16H17NO4/c1-13(18)20-12-9-15(19)16(17-10-5-6-11-17)21-14-7-3-2-4-8-14/h2-8,10-11,16H,9,12H2,1H3. The Kier molecular flexibility index (Phi) is 5.15. The van der Waals surface area contributed by atoms with Crippen molar-refractivity contribution in [3.8, 4) is 5.75 Å². The summed E-state index contributed by atoms with van der Waals surface area (Å²) in [6.07, 6.45) is 2.86. The number of carbonyl (C=O) groups excluding carboxylic acids is 2. The van der Waals surface area contributed by atoms with Crippen LogP contribution in [0, 0.1) is 0 Å². The van der Waals surface area contributed by atoms with Gasteiger partial charge in [0.15, 0.2) is 5.78 Å². The summed E-state index contributed by atoms with van der Waals surface area (Å²) in [4.78, 5) is 23.0. The highest BCUT2D eigenvalue weighted by Crippen LogP contribution is 2.19. The maximum Gasteiger partial charge on any atom is 0.302 e. The number of ether oxygens (including phenoxy) is 2. The SMILES string of the molecule is CC(=O)OCCC(=O)C(Oc1ccccc1)n1cccc1. The van der Waals surface area contributed by atoms with E-state index >= 15 is 0 Å². The normalized spacial score (nSPS) is 11.7. The minimum Gasteiger partial charge on any atom is -0.465 e. The van der Waals surface area contributed by atoms with Gasteiger partial charge in [-0.05, 0) is 24.3 Å². The maximum atomic E-state index is 12.3. The fourth-order valence-electron chi connectivity index (χ4n) is 1.84. The quantitative estimate of drug-likeness (QED) is 0.734. The number of aromatic nitrogens is 1. The van der Waals surface area contributed by atoms with Crippen LogP contribution in [0.1, 0.15) is 19.6 Å². The Morgan fingerprint density at radius 1 is 1.10 bits per heavy atom. The van der Waals surface area contributed by atoms with E-state index in [0.717, 1.165) is 0 Å². The summed E-state index contributed by atoms with van der Waals surface area (Å²) in [5.74, 6) is 0.0534. The average molecular weight is 287 g/mol. The molecule has 0 radical (unpaired) electrons. The van der Waals surface area contributed by atoms with Crippen LogP contribution in [-0.4, -0.2) is 22.9 Å². The Morgan fingerprint density at radius 3 is 2.38 bits per heavy atom. The van der Waals surface area contributed by atoms with Crippen molar-refractivity contribution in [2.24, 2.45) is 0 Å². The van der Waals surface area contributed by atoms with Crippen LogP contribution in [0.15, 0.2) is 54.9 Å². The molecule has 2 rings (SSSR count). The monoisotopic (exact) mass is 287 g/mol. The first-order chi connectivity index (χ1) is 10.2. The van der Waals surface area contributed by atoms with Crippen molar-refractivity contribution in [1.29, 1.82) is 0 Å². The molecule has 0 saturated carbocycles. The number of rotatable bonds is 7. The van der Waals surface area contributed by atoms with Gasteiger partial charge in [0.1, 0.15) is 5.75 Å². The van der Waals surface area contributed by atoms with Crippen molar-refractivity contribution in [3.63, 3.8) is 0 Å². The molecule has 0 bridgehead atoms. The summed E-state index contributed by atoms with van der Waals surface area (Å²) in [6.45, 7) is 1.37. The Morgan fingerprint density at radius 2 is 1.76 bits per heavy atom. The van der Waals surface area contributed by atoms with Gasteiger partial charge in [-0.15, -0.1) is 0 Å². The summed E-state index contributed by atoms with van der Waals surface area (Å²) < 4.78 is 12.2. The molecule has 0 saturated heterocycles. The van der Waals surface area contributed by atoms with Gasteiger partial charge in [-0.1, -0.05) is 18.2 Å². The summed E-state index contributed by atoms with van der Waals surface area (Å²) >= 11 is 0. The van der Waals surface area contributed by atoms with Crippen LogP contribution in [0.3, 0.4) is 0 Å². The minimum absolute atomic E-state index is 0.0596. The molecule has 110 valence electrons. The molecule has 0 N–H and O–H groups in total. The number of ketones is 1. The van der Waals surface area contributed by atoms with E-state index in [1.54, 1.807) is 29.1 Å². The van der Waals surface area contributed by atoms with Gasteiger partial charge in [-0.25, -0.2) is 0 Å². The van der Waals surface area contributed by atoms with Gasteiger partial charge < -0.3 is 14.0 Å². The lowest BCUT2D eigenvalue weighted by atomic mass is 10.2. The van der Waals surface area contributed by atoms with E-state index in [1.165, 1.54) is 6.92 Å². The Bertz CT molecular complexity index is 578. The van der Waals surface area contributed by atoms with Crippen molar-refractivity contribution in [1.82, 2.24) is 4.57 Å². The molecule has 21 heavy (non-hydrogen) atoms.